The molecule has 1 unspecified atom stereocenters. The van der Waals surface area contributed by atoms with Crippen LogP contribution in [0.4, 0.5) is 5.69 Å². The number of aliphatic hydroxyl groups excluding tert-OH is 1. The summed E-state index contributed by atoms with van der Waals surface area (Å²) in [5.74, 6) is -0.125. The standard InChI is InChI=1S/C32H32N2O5/c1-19(2)18-38-27-15-10-24(16-21(27)5)30(35)28-29(23-8-13-26(14-9-23)39-20(3)4)34(32(37)31(28)36)25-11-6-22(17-33)7-12-25/h6-16,19-20,29,35H,18H2,1-5H3/b30-28-. The van der Waals surface area contributed by atoms with Crippen molar-refractivity contribution in [2.75, 3.05) is 11.5 Å². The van der Waals surface area contributed by atoms with Gasteiger partial charge in [0.1, 0.15) is 17.3 Å². The van der Waals surface area contributed by atoms with E-state index in [0.29, 0.717) is 46.4 Å². The third-order valence-electron chi connectivity index (χ3n) is 6.31. The number of nitriles is 1. The third kappa shape index (κ3) is 5.80. The second-order valence-corrected chi connectivity index (χ2v) is 10.2. The fraction of sp³-hybridized carbons (Fsp3) is 0.281. The zero-order valence-electron chi connectivity index (χ0n) is 22.8. The Kier molecular flexibility index (Phi) is 8.06. The van der Waals surface area contributed by atoms with Gasteiger partial charge in [0.05, 0.1) is 36.0 Å². The maximum atomic E-state index is 13.4. The van der Waals surface area contributed by atoms with Crippen LogP contribution in [0, 0.1) is 24.2 Å². The van der Waals surface area contributed by atoms with E-state index in [9.17, 15) is 20.0 Å². The van der Waals surface area contributed by atoms with E-state index in [2.05, 4.69) is 19.9 Å². The normalized spacial score (nSPS) is 16.6. The molecule has 0 radical (unpaired) electrons. The summed E-state index contributed by atoms with van der Waals surface area (Å²) < 4.78 is 11.6. The number of anilines is 1. The van der Waals surface area contributed by atoms with Gasteiger partial charge in [0.2, 0.25) is 0 Å². The number of nitrogens with zero attached hydrogens (tertiary/aromatic N) is 2. The van der Waals surface area contributed by atoms with Crippen LogP contribution < -0.4 is 14.4 Å². The number of amides is 1. The molecule has 1 saturated heterocycles. The Morgan fingerprint density at radius 3 is 2.23 bits per heavy atom. The minimum absolute atomic E-state index is 0.0165. The van der Waals surface area contributed by atoms with Crippen molar-refractivity contribution < 1.29 is 24.2 Å². The molecule has 39 heavy (non-hydrogen) atoms. The van der Waals surface area contributed by atoms with Crippen LogP contribution in [0.5, 0.6) is 11.5 Å². The molecule has 1 aliphatic heterocycles. The summed E-state index contributed by atoms with van der Waals surface area (Å²) in [5, 5.41) is 20.7. The minimum Gasteiger partial charge on any atom is -0.507 e. The molecule has 0 aliphatic carbocycles. The SMILES string of the molecule is Cc1cc(/C(O)=C2/C(=O)C(=O)N(c3ccc(C#N)cc3)C2c2ccc(OC(C)C)cc2)ccc1OCC(C)C. The van der Waals surface area contributed by atoms with Crippen LogP contribution in [0.3, 0.4) is 0 Å². The average Bonchev–Trinajstić information content (AvgIpc) is 3.17. The summed E-state index contributed by atoms with van der Waals surface area (Å²) in [5.41, 5.74) is 2.69. The summed E-state index contributed by atoms with van der Waals surface area (Å²) in [7, 11) is 0. The van der Waals surface area contributed by atoms with E-state index in [1.54, 1.807) is 66.7 Å². The maximum absolute atomic E-state index is 13.4. The molecule has 3 aromatic rings. The molecule has 0 aromatic heterocycles. The summed E-state index contributed by atoms with van der Waals surface area (Å²) >= 11 is 0. The van der Waals surface area contributed by atoms with Gasteiger partial charge in [-0.2, -0.15) is 5.26 Å². The number of hydrogen-bond acceptors (Lipinski definition) is 6. The lowest BCUT2D eigenvalue weighted by Gasteiger charge is -2.26. The number of carbonyl (C=O) groups is 2. The van der Waals surface area contributed by atoms with Crippen LogP contribution >= 0.6 is 0 Å². The molecule has 1 heterocycles. The molecule has 1 aliphatic rings. The van der Waals surface area contributed by atoms with Crippen LogP contribution in [0.15, 0.2) is 72.3 Å². The van der Waals surface area contributed by atoms with Gasteiger partial charge in [0.25, 0.3) is 11.7 Å². The van der Waals surface area contributed by atoms with Crippen LogP contribution in [-0.4, -0.2) is 29.5 Å². The highest BCUT2D eigenvalue weighted by Gasteiger charge is 2.47. The van der Waals surface area contributed by atoms with Gasteiger partial charge in [-0.1, -0.05) is 26.0 Å². The lowest BCUT2D eigenvalue weighted by atomic mass is 9.94. The third-order valence-corrected chi connectivity index (χ3v) is 6.31. The molecule has 1 amide bonds. The van der Waals surface area contributed by atoms with E-state index >= 15 is 0 Å². The topological polar surface area (TPSA) is 99.9 Å². The predicted octanol–water partition coefficient (Wildman–Crippen LogP) is 6.32. The molecule has 200 valence electrons. The van der Waals surface area contributed by atoms with Crippen LogP contribution in [0.25, 0.3) is 5.76 Å². The Labute approximate surface area is 228 Å². The van der Waals surface area contributed by atoms with Crippen molar-refractivity contribution in [3.63, 3.8) is 0 Å². The Bertz CT molecular complexity index is 1450. The molecule has 0 spiro atoms. The molecular weight excluding hydrogens is 492 g/mol. The van der Waals surface area contributed by atoms with Crippen LogP contribution in [0.1, 0.15) is 56.0 Å². The van der Waals surface area contributed by atoms with Gasteiger partial charge in [0.15, 0.2) is 0 Å². The monoisotopic (exact) mass is 524 g/mol. The minimum atomic E-state index is -0.886. The Balaban J connectivity index is 1.83. The quantitative estimate of drug-likeness (QED) is 0.210. The van der Waals surface area contributed by atoms with Crippen LogP contribution in [-0.2, 0) is 9.59 Å². The van der Waals surface area contributed by atoms with Gasteiger partial charge in [-0.3, -0.25) is 14.5 Å². The van der Waals surface area contributed by atoms with Crippen molar-refractivity contribution in [2.24, 2.45) is 5.92 Å². The molecule has 3 aromatic carbocycles. The highest BCUT2D eigenvalue weighted by Crippen LogP contribution is 2.43. The highest BCUT2D eigenvalue weighted by molar-refractivity contribution is 6.51. The highest BCUT2D eigenvalue weighted by atomic mass is 16.5. The van der Waals surface area contributed by atoms with E-state index in [1.807, 2.05) is 20.8 Å². The summed E-state index contributed by atoms with van der Waals surface area (Å²) in [6.07, 6.45) is -0.0177. The Morgan fingerprint density at radius 1 is 1.00 bits per heavy atom. The number of carbonyl (C=O) groups excluding carboxylic acids is 2. The first kappa shape index (κ1) is 27.5. The summed E-state index contributed by atoms with van der Waals surface area (Å²) in [4.78, 5) is 28.2. The van der Waals surface area contributed by atoms with E-state index < -0.39 is 17.7 Å². The molecule has 1 fully saturated rings. The zero-order chi connectivity index (χ0) is 28.3. The second kappa shape index (κ2) is 11.4. The lowest BCUT2D eigenvalue weighted by Crippen LogP contribution is -2.29. The number of Topliss-reactive ketones (excluding diaryl/α,β-unsaturated/α-hetero) is 1. The number of benzene rings is 3. The molecular formula is C32H32N2O5. The molecule has 0 bridgehead atoms. The van der Waals surface area contributed by atoms with Gasteiger partial charge in [-0.05, 0) is 92.4 Å². The van der Waals surface area contributed by atoms with E-state index in [-0.39, 0.29) is 17.4 Å². The zero-order valence-corrected chi connectivity index (χ0v) is 22.8. The first-order valence-corrected chi connectivity index (χ1v) is 12.9. The van der Waals surface area contributed by atoms with E-state index in [0.717, 1.165) is 5.56 Å². The van der Waals surface area contributed by atoms with Crippen molar-refractivity contribution in [1.29, 1.82) is 5.26 Å². The van der Waals surface area contributed by atoms with Gasteiger partial charge in [-0.15, -0.1) is 0 Å². The van der Waals surface area contributed by atoms with Crippen molar-refractivity contribution in [3.05, 3.63) is 94.6 Å². The average molecular weight is 525 g/mol. The number of ketones is 1. The van der Waals surface area contributed by atoms with Gasteiger partial charge in [0, 0.05) is 11.3 Å². The van der Waals surface area contributed by atoms with Crippen molar-refractivity contribution in [3.8, 4) is 17.6 Å². The van der Waals surface area contributed by atoms with Crippen molar-refractivity contribution >= 4 is 23.1 Å². The molecule has 1 N–H and O–H groups in total. The number of hydrogen-bond donors (Lipinski definition) is 1. The first-order valence-electron chi connectivity index (χ1n) is 12.9. The fourth-order valence-corrected chi connectivity index (χ4v) is 4.48. The molecule has 4 rings (SSSR count). The number of rotatable bonds is 8. The number of aryl methyl sites for hydroxylation is 1. The van der Waals surface area contributed by atoms with Crippen LogP contribution in [0.2, 0.25) is 0 Å². The lowest BCUT2D eigenvalue weighted by molar-refractivity contribution is -0.132. The van der Waals surface area contributed by atoms with Gasteiger partial charge < -0.3 is 14.6 Å². The van der Waals surface area contributed by atoms with E-state index in [4.69, 9.17) is 9.47 Å². The fourth-order valence-electron chi connectivity index (χ4n) is 4.48. The molecule has 7 heteroatoms. The maximum Gasteiger partial charge on any atom is 0.300 e. The predicted molar refractivity (Wildman–Crippen MR) is 150 cm³/mol. The first-order chi connectivity index (χ1) is 18.6. The summed E-state index contributed by atoms with van der Waals surface area (Å²) in [6.45, 7) is 10.4. The Morgan fingerprint density at radius 2 is 1.67 bits per heavy atom. The van der Waals surface area contributed by atoms with E-state index in [1.165, 1.54) is 4.90 Å². The van der Waals surface area contributed by atoms with Gasteiger partial charge >= 0.3 is 0 Å². The number of ether oxygens (including phenoxy) is 2. The summed E-state index contributed by atoms with van der Waals surface area (Å²) in [6, 6.07) is 19.9. The largest absolute Gasteiger partial charge is 0.507 e. The molecule has 0 saturated carbocycles. The molecule has 1 atom stereocenters. The molecule has 7 nitrogen and oxygen atoms in total. The van der Waals surface area contributed by atoms with Crippen molar-refractivity contribution in [2.45, 2.75) is 46.8 Å². The second-order valence-electron chi connectivity index (χ2n) is 10.2. The number of aliphatic hydroxyl groups is 1. The van der Waals surface area contributed by atoms with Gasteiger partial charge in [-0.25, -0.2) is 0 Å². The van der Waals surface area contributed by atoms with Crippen molar-refractivity contribution in [1.82, 2.24) is 0 Å². The smallest absolute Gasteiger partial charge is 0.300 e. The Hall–Kier alpha value is -4.57.